The smallest absolute Gasteiger partial charge is 0.338 e. The Kier molecular flexibility index (Phi) is 3.36. The number of carboxylic acid groups (broad SMARTS) is 1. The molecule has 17 heavy (non-hydrogen) atoms. The Morgan fingerprint density at radius 1 is 1.29 bits per heavy atom. The Labute approximate surface area is 107 Å². The lowest BCUT2D eigenvalue weighted by molar-refractivity contribution is 0.0697. The number of aromatic carboxylic acids is 1. The van der Waals surface area contributed by atoms with Gasteiger partial charge in [0.15, 0.2) is 0 Å². The first-order chi connectivity index (χ1) is 8.04. The van der Waals surface area contributed by atoms with Gasteiger partial charge in [0.05, 0.1) is 18.3 Å². The van der Waals surface area contributed by atoms with Crippen LogP contribution in [0, 0.1) is 0 Å². The van der Waals surface area contributed by atoms with Crippen molar-refractivity contribution in [3.8, 4) is 0 Å². The molecule has 1 heterocycles. The van der Waals surface area contributed by atoms with E-state index in [1.54, 1.807) is 18.2 Å². The first-order valence-corrected chi connectivity index (χ1v) is 5.51. The van der Waals surface area contributed by atoms with E-state index >= 15 is 0 Å². The van der Waals surface area contributed by atoms with Crippen molar-refractivity contribution in [2.75, 3.05) is 0 Å². The van der Waals surface area contributed by atoms with Gasteiger partial charge in [-0.25, -0.2) is 4.79 Å². The molecule has 0 saturated heterocycles. The molecule has 0 aliphatic carbocycles. The van der Waals surface area contributed by atoms with Gasteiger partial charge in [-0.05, 0) is 23.8 Å². The first-order valence-electron chi connectivity index (χ1n) is 4.75. The summed E-state index contributed by atoms with van der Waals surface area (Å²) in [5, 5.41) is 13.8. The lowest BCUT2D eigenvalue weighted by atomic mass is 10.2. The van der Waals surface area contributed by atoms with Crippen molar-refractivity contribution in [2.24, 2.45) is 0 Å². The van der Waals surface area contributed by atoms with Crippen molar-refractivity contribution in [3.05, 3.63) is 51.8 Å². The number of rotatable bonds is 3. The third-order valence-electron chi connectivity index (χ3n) is 2.15. The van der Waals surface area contributed by atoms with Crippen LogP contribution in [0.2, 0.25) is 10.0 Å². The van der Waals surface area contributed by atoms with Crippen LogP contribution in [0.15, 0.2) is 30.6 Å². The minimum atomic E-state index is -1.000. The summed E-state index contributed by atoms with van der Waals surface area (Å²) in [5.41, 5.74) is 1.01. The highest BCUT2D eigenvalue weighted by molar-refractivity contribution is 6.34. The van der Waals surface area contributed by atoms with Gasteiger partial charge < -0.3 is 5.11 Å². The van der Waals surface area contributed by atoms with E-state index in [0.29, 0.717) is 16.6 Å². The molecular weight excluding hydrogens is 263 g/mol. The lowest BCUT2D eigenvalue weighted by Crippen LogP contribution is -2.00. The van der Waals surface area contributed by atoms with E-state index in [9.17, 15) is 4.79 Å². The molecule has 0 saturated carbocycles. The maximum atomic E-state index is 10.7. The monoisotopic (exact) mass is 270 g/mol. The molecule has 6 heteroatoms. The predicted molar refractivity (Wildman–Crippen MR) is 64.8 cm³/mol. The molecule has 1 aromatic heterocycles. The largest absolute Gasteiger partial charge is 0.478 e. The maximum Gasteiger partial charge on any atom is 0.338 e. The second kappa shape index (κ2) is 4.77. The zero-order valence-electron chi connectivity index (χ0n) is 8.60. The van der Waals surface area contributed by atoms with Crippen LogP contribution >= 0.6 is 23.2 Å². The van der Waals surface area contributed by atoms with Gasteiger partial charge >= 0.3 is 5.97 Å². The van der Waals surface area contributed by atoms with Crippen molar-refractivity contribution < 1.29 is 9.90 Å². The molecule has 0 aliphatic rings. The molecule has 88 valence electrons. The summed E-state index contributed by atoms with van der Waals surface area (Å²) in [5.74, 6) is -1.000. The number of benzene rings is 1. The number of halogens is 2. The average molecular weight is 271 g/mol. The van der Waals surface area contributed by atoms with Crippen molar-refractivity contribution in [3.63, 3.8) is 0 Å². The lowest BCUT2D eigenvalue weighted by Gasteiger charge is -2.03. The second-order valence-electron chi connectivity index (χ2n) is 3.51. The highest BCUT2D eigenvalue weighted by Crippen LogP contribution is 2.19. The molecule has 0 bridgehead atoms. The second-order valence-corrected chi connectivity index (χ2v) is 4.38. The van der Waals surface area contributed by atoms with Gasteiger partial charge in [0.2, 0.25) is 0 Å². The summed E-state index contributed by atoms with van der Waals surface area (Å²) >= 11 is 11.7. The summed E-state index contributed by atoms with van der Waals surface area (Å²) < 4.78 is 1.52. The predicted octanol–water partition coefficient (Wildman–Crippen LogP) is 2.94. The fraction of sp³-hybridized carbons (Fsp3) is 0.0909. The number of aromatic nitrogens is 2. The number of carboxylic acids is 1. The highest BCUT2D eigenvalue weighted by atomic mass is 35.5. The van der Waals surface area contributed by atoms with E-state index in [0.717, 1.165) is 5.56 Å². The fourth-order valence-corrected chi connectivity index (χ4v) is 2.02. The van der Waals surface area contributed by atoms with E-state index in [1.807, 2.05) is 0 Å². The van der Waals surface area contributed by atoms with E-state index in [-0.39, 0.29) is 5.56 Å². The Hall–Kier alpha value is -1.52. The van der Waals surface area contributed by atoms with Crippen molar-refractivity contribution in [2.45, 2.75) is 6.54 Å². The molecule has 1 aromatic carbocycles. The molecule has 0 aliphatic heterocycles. The number of nitrogens with zero attached hydrogens (tertiary/aromatic N) is 2. The number of hydrogen-bond donors (Lipinski definition) is 1. The summed E-state index contributed by atoms with van der Waals surface area (Å²) in [4.78, 5) is 10.7. The van der Waals surface area contributed by atoms with Crippen LogP contribution in [0.3, 0.4) is 0 Å². The van der Waals surface area contributed by atoms with Crippen molar-refractivity contribution in [1.29, 1.82) is 0 Å². The normalized spacial score (nSPS) is 10.5. The molecule has 0 radical (unpaired) electrons. The average Bonchev–Trinajstić information content (AvgIpc) is 2.64. The van der Waals surface area contributed by atoms with Gasteiger partial charge in [-0.1, -0.05) is 23.2 Å². The van der Waals surface area contributed by atoms with Gasteiger partial charge in [0, 0.05) is 16.2 Å². The van der Waals surface area contributed by atoms with Crippen molar-refractivity contribution >= 4 is 29.2 Å². The zero-order valence-corrected chi connectivity index (χ0v) is 10.1. The summed E-state index contributed by atoms with van der Waals surface area (Å²) in [6.45, 7) is 0.424. The highest BCUT2D eigenvalue weighted by Gasteiger charge is 2.06. The topological polar surface area (TPSA) is 55.1 Å². The summed E-state index contributed by atoms with van der Waals surface area (Å²) in [6, 6.07) is 5.16. The molecule has 0 spiro atoms. The van der Waals surface area contributed by atoms with Crippen LogP contribution in [0.1, 0.15) is 15.9 Å². The van der Waals surface area contributed by atoms with E-state index in [2.05, 4.69) is 5.10 Å². The molecule has 0 atom stereocenters. The van der Waals surface area contributed by atoms with Gasteiger partial charge in [-0.15, -0.1) is 0 Å². The first kappa shape index (κ1) is 12.0. The van der Waals surface area contributed by atoms with Gasteiger partial charge in [0.25, 0.3) is 0 Å². The zero-order chi connectivity index (χ0) is 12.4. The Morgan fingerprint density at radius 2 is 1.94 bits per heavy atom. The molecule has 2 rings (SSSR count). The molecule has 1 N–H and O–H groups in total. The van der Waals surface area contributed by atoms with Crippen LogP contribution in [0.25, 0.3) is 0 Å². The van der Waals surface area contributed by atoms with Crippen molar-refractivity contribution in [1.82, 2.24) is 9.78 Å². The van der Waals surface area contributed by atoms with Gasteiger partial charge in [0.1, 0.15) is 0 Å². The molecule has 0 amide bonds. The van der Waals surface area contributed by atoms with Crippen LogP contribution in [-0.2, 0) is 6.54 Å². The fourth-order valence-electron chi connectivity index (χ4n) is 1.45. The van der Waals surface area contributed by atoms with E-state index < -0.39 is 5.97 Å². The Morgan fingerprint density at radius 3 is 2.47 bits per heavy atom. The third kappa shape index (κ3) is 2.99. The van der Waals surface area contributed by atoms with Crippen LogP contribution in [0.5, 0.6) is 0 Å². The van der Waals surface area contributed by atoms with Crippen LogP contribution in [0.4, 0.5) is 0 Å². The summed E-state index contributed by atoms with van der Waals surface area (Å²) in [7, 11) is 0. The summed E-state index contributed by atoms with van der Waals surface area (Å²) in [6.07, 6.45) is 2.76. The Bertz CT molecular complexity index is 546. The van der Waals surface area contributed by atoms with E-state index in [1.165, 1.54) is 17.1 Å². The minimum absolute atomic E-state index is 0.151. The SMILES string of the molecule is O=C(O)c1cnn(Cc2cc(Cl)cc(Cl)c2)c1. The molecule has 0 unspecified atom stereocenters. The Balaban J connectivity index is 2.22. The number of carbonyl (C=O) groups is 1. The van der Waals surface area contributed by atoms with Gasteiger partial charge in [-0.3, -0.25) is 4.68 Å². The quantitative estimate of drug-likeness (QED) is 0.933. The minimum Gasteiger partial charge on any atom is -0.478 e. The molecule has 0 fully saturated rings. The number of hydrogen-bond acceptors (Lipinski definition) is 2. The molecule has 4 nitrogen and oxygen atoms in total. The van der Waals surface area contributed by atoms with E-state index in [4.69, 9.17) is 28.3 Å². The third-order valence-corrected chi connectivity index (χ3v) is 2.58. The van der Waals surface area contributed by atoms with Crippen LogP contribution < -0.4 is 0 Å². The molecule has 2 aromatic rings. The maximum absolute atomic E-state index is 10.7. The van der Waals surface area contributed by atoms with Gasteiger partial charge in [-0.2, -0.15) is 5.10 Å². The molecular formula is C11H8Cl2N2O2. The van der Waals surface area contributed by atoms with Crippen LogP contribution in [-0.4, -0.2) is 20.9 Å². The standard InChI is InChI=1S/C11H8Cl2N2O2/c12-9-1-7(2-10(13)3-9)5-15-6-8(4-14-15)11(16)17/h1-4,6H,5H2,(H,16,17).